The summed E-state index contributed by atoms with van der Waals surface area (Å²) in [7, 11) is 0. The molecule has 0 atom stereocenters. The lowest BCUT2D eigenvalue weighted by Crippen LogP contribution is -2.37. The Morgan fingerprint density at radius 2 is 1.96 bits per heavy atom. The zero-order valence-corrected chi connectivity index (χ0v) is 17.2. The van der Waals surface area contributed by atoms with Gasteiger partial charge in [-0.25, -0.2) is 4.99 Å². The number of rotatable bonds is 5. The molecule has 2 aromatic rings. The summed E-state index contributed by atoms with van der Waals surface area (Å²) in [6.45, 7) is 5.43. The SMILES string of the molecule is CCNC(=NCc1ccc2c(c1)OCCCO2)NCc1ccccn1.I. The number of aliphatic imine (C=N–C) groups is 1. The van der Waals surface area contributed by atoms with E-state index in [-0.39, 0.29) is 24.0 Å². The first-order chi connectivity index (χ1) is 12.3. The van der Waals surface area contributed by atoms with Gasteiger partial charge < -0.3 is 20.1 Å². The monoisotopic (exact) mass is 468 g/mol. The Morgan fingerprint density at radius 1 is 1.12 bits per heavy atom. The Morgan fingerprint density at radius 3 is 2.73 bits per heavy atom. The molecule has 1 aromatic carbocycles. The molecule has 140 valence electrons. The number of ether oxygens (including phenoxy) is 2. The highest BCUT2D eigenvalue weighted by molar-refractivity contribution is 14.0. The predicted molar refractivity (Wildman–Crippen MR) is 113 cm³/mol. The Hall–Kier alpha value is -2.03. The van der Waals surface area contributed by atoms with E-state index >= 15 is 0 Å². The fourth-order valence-corrected chi connectivity index (χ4v) is 2.50. The number of nitrogens with one attached hydrogen (secondary N) is 2. The minimum Gasteiger partial charge on any atom is -0.490 e. The summed E-state index contributed by atoms with van der Waals surface area (Å²) in [6.07, 6.45) is 2.70. The zero-order chi connectivity index (χ0) is 17.3. The van der Waals surface area contributed by atoms with Gasteiger partial charge in [0.15, 0.2) is 17.5 Å². The average Bonchev–Trinajstić information content (AvgIpc) is 2.90. The molecule has 26 heavy (non-hydrogen) atoms. The molecule has 1 aliphatic rings. The van der Waals surface area contributed by atoms with E-state index in [2.05, 4.69) is 20.6 Å². The zero-order valence-electron chi connectivity index (χ0n) is 14.9. The van der Waals surface area contributed by atoms with Crippen molar-refractivity contribution in [3.63, 3.8) is 0 Å². The van der Waals surface area contributed by atoms with Crippen LogP contribution in [0.15, 0.2) is 47.6 Å². The highest BCUT2D eigenvalue weighted by Gasteiger charge is 2.10. The molecule has 0 saturated carbocycles. The molecule has 3 rings (SSSR count). The fraction of sp³-hybridized carbons (Fsp3) is 0.368. The number of pyridine rings is 1. The summed E-state index contributed by atoms with van der Waals surface area (Å²) >= 11 is 0. The highest BCUT2D eigenvalue weighted by Crippen LogP contribution is 2.30. The Bertz CT molecular complexity index is 710. The van der Waals surface area contributed by atoms with Crippen LogP contribution in [0.5, 0.6) is 11.5 Å². The van der Waals surface area contributed by atoms with E-state index in [0.717, 1.165) is 41.7 Å². The van der Waals surface area contributed by atoms with Crippen LogP contribution in [0.4, 0.5) is 0 Å². The normalized spacial score (nSPS) is 13.3. The second-order valence-electron chi connectivity index (χ2n) is 5.70. The van der Waals surface area contributed by atoms with Gasteiger partial charge in [0.25, 0.3) is 0 Å². The Balaban J connectivity index is 0.00000243. The molecule has 1 aromatic heterocycles. The number of fused-ring (bicyclic) bond motifs is 1. The summed E-state index contributed by atoms with van der Waals surface area (Å²) in [5.74, 6) is 2.38. The molecule has 2 N–H and O–H groups in total. The van der Waals surface area contributed by atoms with Crippen LogP contribution in [0.1, 0.15) is 24.6 Å². The van der Waals surface area contributed by atoms with Crippen molar-refractivity contribution in [2.24, 2.45) is 4.99 Å². The van der Waals surface area contributed by atoms with Gasteiger partial charge in [-0.15, -0.1) is 24.0 Å². The third-order valence-corrected chi connectivity index (χ3v) is 3.74. The average molecular weight is 468 g/mol. The number of hydrogen-bond acceptors (Lipinski definition) is 4. The maximum atomic E-state index is 5.74. The molecule has 2 heterocycles. The van der Waals surface area contributed by atoms with Crippen LogP contribution in [0, 0.1) is 0 Å². The van der Waals surface area contributed by atoms with Crippen LogP contribution in [0.25, 0.3) is 0 Å². The van der Waals surface area contributed by atoms with E-state index in [9.17, 15) is 0 Å². The van der Waals surface area contributed by atoms with Crippen LogP contribution in [-0.4, -0.2) is 30.7 Å². The van der Waals surface area contributed by atoms with Crippen LogP contribution in [-0.2, 0) is 13.1 Å². The molecule has 0 aliphatic carbocycles. The quantitative estimate of drug-likeness (QED) is 0.401. The van der Waals surface area contributed by atoms with Crippen molar-refractivity contribution in [2.45, 2.75) is 26.4 Å². The summed E-state index contributed by atoms with van der Waals surface area (Å²) < 4.78 is 11.4. The second-order valence-corrected chi connectivity index (χ2v) is 5.70. The topological polar surface area (TPSA) is 67.8 Å². The van der Waals surface area contributed by atoms with Crippen LogP contribution < -0.4 is 20.1 Å². The van der Waals surface area contributed by atoms with Gasteiger partial charge in [-0.3, -0.25) is 4.98 Å². The molecular formula is C19H25IN4O2. The van der Waals surface area contributed by atoms with Crippen LogP contribution >= 0.6 is 24.0 Å². The summed E-state index contributed by atoms with van der Waals surface area (Å²) in [5.41, 5.74) is 2.06. The van der Waals surface area contributed by atoms with Gasteiger partial charge in [-0.1, -0.05) is 12.1 Å². The highest BCUT2D eigenvalue weighted by atomic mass is 127. The maximum Gasteiger partial charge on any atom is 0.191 e. The molecule has 0 amide bonds. The lowest BCUT2D eigenvalue weighted by molar-refractivity contribution is 0.297. The Labute approximate surface area is 171 Å². The van der Waals surface area contributed by atoms with E-state index in [1.165, 1.54) is 0 Å². The van der Waals surface area contributed by atoms with Crippen molar-refractivity contribution < 1.29 is 9.47 Å². The standard InChI is InChI=1S/C19H24N4O2.HI/c1-2-20-19(23-14-16-6-3-4-9-21-16)22-13-15-7-8-17-18(12-15)25-11-5-10-24-17;/h3-4,6-9,12H,2,5,10-11,13-14H2,1H3,(H2,20,22,23);1H. The minimum atomic E-state index is 0. The smallest absolute Gasteiger partial charge is 0.191 e. The minimum absolute atomic E-state index is 0. The summed E-state index contributed by atoms with van der Waals surface area (Å²) in [6, 6.07) is 11.9. The van der Waals surface area contributed by atoms with Crippen molar-refractivity contribution >= 4 is 29.9 Å². The third kappa shape index (κ3) is 6.05. The molecule has 0 saturated heterocycles. The van der Waals surface area contributed by atoms with Gasteiger partial charge in [0.05, 0.1) is 32.0 Å². The fourth-order valence-electron chi connectivity index (χ4n) is 2.50. The first-order valence-electron chi connectivity index (χ1n) is 8.66. The molecule has 0 unspecified atom stereocenters. The third-order valence-electron chi connectivity index (χ3n) is 3.74. The number of guanidine groups is 1. The summed E-state index contributed by atoms with van der Waals surface area (Å²) in [4.78, 5) is 8.95. The lowest BCUT2D eigenvalue weighted by Gasteiger charge is -2.12. The van der Waals surface area contributed by atoms with Gasteiger partial charge in [0, 0.05) is 19.2 Å². The second kappa shape index (κ2) is 10.8. The Kier molecular flexibility index (Phi) is 8.46. The van der Waals surface area contributed by atoms with Crippen LogP contribution in [0.2, 0.25) is 0 Å². The maximum absolute atomic E-state index is 5.74. The van der Waals surface area contributed by atoms with Crippen LogP contribution in [0.3, 0.4) is 0 Å². The first kappa shape index (κ1) is 20.3. The van der Waals surface area contributed by atoms with Gasteiger partial charge in [-0.2, -0.15) is 0 Å². The van der Waals surface area contributed by atoms with E-state index in [4.69, 9.17) is 9.47 Å². The number of aromatic nitrogens is 1. The number of nitrogens with zero attached hydrogens (tertiary/aromatic N) is 2. The van der Waals surface area contributed by atoms with Crippen molar-refractivity contribution in [1.29, 1.82) is 0 Å². The molecule has 0 bridgehead atoms. The van der Waals surface area contributed by atoms with Gasteiger partial charge in [-0.05, 0) is 36.8 Å². The molecule has 0 radical (unpaired) electrons. The van der Waals surface area contributed by atoms with Gasteiger partial charge in [0.2, 0.25) is 0 Å². The van der Waals surface area contributed by atoms with E-state index in [1.54, 1.807) is 6.20 Å². The number of hydrogen-bond donors (Lipinski definition) is 2. The largest absolute Gasteiger partial charge is 0.490 e. The molecule has 0 spiro atoms. The molecule has 6 nitrogen and oxygen atoms in total. The summed E-state index contributed by atoms with van der Waals surface area (Å²) in [5, 5.41) is 6.55. The lowest BCUT2D eigenvalue weighted by atomic mass is 10.2. The number of halogens is 1. The molecule has 0 fully saturated rings. The molecule has 1 aliphatic heterocycles. The first-order valence-corrected chi connectivity index (χ1v) is 8.66. The molecule has 7 heteroatoms. The van der Waals surface area contributed by atoms with E-state index in [1.807, 2.05) is 43.3 Å². The van der Waals surface area contributed by atoms with Crippen molar-refractivity contribution in [2.75, 3.05) is 19.8 Å². The van der Waals surface area contributed by atoms with Crippen molar-refractivity contribution in [3.05, 3.63) is 53.9 Å². The number of benzene rings is 1. The van der Waals surface area contributed by atoms with Gasteiger partial charge in [0.1, 0.15) is 0 Å². The molecular weight excluding hydrogens is 443 g/mol. The predicted octanol–water partition coefficient (Wildman–Crippen LogP) is 3.12. The van der Waals surface area contributed by atoms with E-state index < -0.39 is 0 Å². The van der Waals surface area contributed by atoms with Crippen molar-refractivity contribution in [1.82, 2.24) is 15.6 Å². The van der Waals surface area contributed by atoms with Gasteiger partial charge >= 0.3 is 0 Å². The van der Waals surface area contributed by atoms with E-state index in [0.29, 0.717) is 26.3 Å². The van der Waals surface area contributed by atoms with Crippen molar-refractivity contribution in [3.8, 4) is 11.5 Å².